The molecular weight excluding hydrogens is 393 g/mol. The summed E-state index contributed by atoms with van der Waals surface area (Å²) >= 11 is 0. The lowest BCUT2D eigenvalue weighted by atomic mass is 10.0. The molecule has 0 unspecified atom stereocenters. The van der Waals surface area contributed by atoms with Crippen LogP contribution in [0.15, 0.2) is 36.5 Å². The van der Waals surface area contributed by atoms with Crippen molar-refractivity contribution in [2.24, 2.45) is 7.05 Å². The quantitative estimate of drug-likeness (QED) is 0.518. The Morgan fingerprint density at radius 3 is 2.77 bits per heavy atom. The molecule has 2 aliphatic rings. The van der Waals surface area contributed by atoms with E-state index in [1.54, 1.807) is 10.7 Å². The third-order valence-corrected chi connectivity index (χ3v) is 6.72. The number of phenolic OH excluding ortho intramolecular Hbond substituents is 1. The zero-order valence-electron chi connectivity index (χ0n) is 17.6. The van der Waals surface area contributed by atoms with Crippen molar-refractivity contribution >= 4 is 27.5 Å². The number of rotatable bonds is 2. The number of anilines is 1. The number of pyridine rings is 1. The molecule has 2 aromatic carbocycles. The summed E-state index contributed by atoms with van der Waals surface area (Å²) in [6.45, 7) is 4.55. The van der Waals surface area contributed by atoms with Gasteiger partial charge in [0.15, 0.2) is 5.82 Å². The number of halogens is 1. The number of hydrogen-bond acceptors (Lipinski definition) is 5. The average Bonchev–Trinajstić information content (AvgIpc) is 3.39. The van der Waals surface area contributed by atoms with Crippen LogP contribution in [0, 0.1) is 12.7 Å². The smallest absolute Gasteiger partial charge is 0.151 e. The second-order valence-corrected chi connectivity index (χ2v) is 8.96. The van der Waals surface area contributed by atoms with Gasteiger partial charge in [0.1, 0.15) is 11.3 Å². The van der Waals surface area contributed by atoms with E-state index in [4.69, 9.17) is 0 Å². The number of aromatic hydroxyl groups is 1. The second kappa shape index (κ2) is 6.40. The molecule has 6 nitrogen and oxygen atoms in total. The maximum absolute atomic E-state index is 15.2. The molecule has 0 radical (unpaired) electrons. The predicted molar refractivity (Wildman–Crippen MR) is 120 cm³/mol. The first-order valence-electron chi connectivity index (χ1n) is 10.7. The molecule has 2 fully saturated rings. The van der Waals surface area contributed by atoms with Crippen molar-refractivity contribution in [3.63, 3.8) is 0 Å². The van der Waals surface area contributed by atoms with Crippen LogP contribution in [-0.4, -0.2) is 45.0 Å². The molecule has 0 amide bonds. The SMILES string of the molecule is Cc1c(O)c(-c2ccc3cc(N4CCNC5(CC5)C4)cc(F)c3n2)cc2cn(C)nc12. The van der Waals surface area contributed by atoms with E-state index in [1.165, 1.54) is 12.8 Å². The average molecular weight is 417 g/mol. The third kappa shape index (κ3) is 2.95. The summed E-state index contributed by atoms with van der Waals surface area (Å²) in [7, 11) is 1.85. The Kier molecular flexibility index (Phi) is 3.84. The molecule has 3 heterocycles. The van der Waals surface area contributed by atoms with Crippen LogP contribution in [0.1, 0.15) is 18.4 Å². The van der Waals surface area contributed by atoms with Crippen LogP contribution < -0.4 is 10.2 Å². The number of fused-ring (bicyclic) bond motifs is 2. The number of benzene rings is 2. The minimum atomic E-state index is -0.337. The fourth-order valence-electron chi connectivity index (χ4n) is 4.81. The number of aromatic nitrogens is 3. The van der Waals surface area contributed by atoms with Gasteiger partial charge in [0.2, 0.25) is 0 Å². The zero-order chi connectivity index (χ0) is 21.3. The monoisotopic (exact) mass is 417 g/mol. The molecule has 7 heteroatoms. The molecule has 1 saturated carbocycles. The molecule has 0 bridgehead atoms. The van der Waals surface area contributed by atoms with Gasteiger partial charge in [-0.15, -0.1) is 0 Å². The summed E-state index contributed by atoms with van der Waals surface area (Å²) in [4.78, 5) is 6.86. The van der Waals surface area contributed by atoms with Crippen molar-refractivity contribution < 1.29 is 9.50 Å². The van der Waals surface area contributed by atoms with Crippen molar-refractivity contribution in [2.45, 2.75) is 25.3 Å². The highest BCUT2D eigenvalue weighted by Crippen LogP contribution is 2.40. The lowest BCUT2D eigenvalue weighted by Gasteiger charge is -2.35. The second-order valence-electron chi connectivity index (χ2n) is 8.96. The summed E-state index contributed by atoms with van der Waals surface area (Å²) in [5.41, 5.74) is 4.03. The van der Waals surface area contributed by atoms with E-state index in [0.29, 0.717) is 22.3 Å². The van der Waals surface area contributed by atoms with E-state index >= 15 is 4.39 Å². The fraction of sp³-hybridized carbons (Fsp3) is 0.333. The minimum absolute atomic E-state index is 0.130. The summed E-state index contributed by atoms with van der Waals surface area (Å²) in [5, 5.41) is 20.5. The molecule has 2 N–H and O–H groups in total. The van der Waals surface area contributed by atoms with Crippen molar-refractivity contribution in [3.8, 4) is 17.0 Å². The first kappa shape index (κ1) is 18.6. The van der Waals surface area contributed by atoms with Gasteiger partial charge in [-0.25, -0.2) is 9.37 Å². The largest absolute Gasteiger partial charge is 0.507 e. The molecule has 6 rings (SSSR count). The Hall–Kier alpha value is -3.19. The van der Waals surface area contributed by atoms with Crippen molar-refractivity contribution in [1.82, 2.24) is 20.1 Å². The zero-order valence-corrected chi connectivity index (χ0v) is 17.6. The first-order valence-corrected chi connectivity index (χ1v) is 10.7. The molecule has 1 aliphatic heterocycles. The van der Waals surface area contributed by atoms with Crippen LogP contribution in [0.2, 0.25) is 0 Å². The summed E-state index contributed by atoms with van der Waals surface area (Å²) < 4.78 is 16.9. The van der Waals surface area contributed by atoms with Gasteiger partial charge in [0, 0.05) is 66.0 Å². The van der Waals surface area contributed by atoms with Gasteiger partial charge >= 0.3 is 0 Å². The van der Waals surface area contributed by atoms with Crippen LogP contribution >= 0.6 is 0 Å². The molecular formula is C24H24FN5O. The van der Waals surface area contributed by atoms with E-state index in [0.717, 1.165) is 41.6 Å². The maximum atomic E-state index is 15.2. The number of nitrogens with one attached hydrogen (secondary N) is 1. The van der Waals surface area contributed by atoms with Crippen LogP contribution in [0.4, 0.5) is 10.1 Å². The highest BCUT2D eigenvalue weighted by Gasteiger charge is 2.45. The van der Waals surface area contributed by atoms with Crippen LogP contribution in [0.25, 0.3) is 33.1 Å². The summed E-state index contributed by atoms with van der Waals surface area (Å²) in [6.07, 6.45) is 4.28. The van der Waals surface area contributed by atoms with E-state index in [2.05, 4.69) is 20.3 Å². The molecule has 1 saturated heterocycles. The fourth-order valence-corrected chi connectivity index (χ4v) is 4.81. The van der Waals surface area contributed by atoms with Gasteiger partial charge in [0.05, 0.1) is 11.2 Å². The van der Waals surface area contributed by atoms with E-state index in [-0.39, 0.29) is 17.1 Å². The van der Waals surface area contributed by atoms with Gasteiger partial charge in [-0.1, -0.05) is 6.07 Å². The van der Waals surface area contributed by atoms with E-state index in [1.807, 2.05) is 44.4 Å². The summed E-state index contributed by atoms with van der Waals surface area (Å²) in [5.74, 6) is -0.206. The lowest BCUT2D eigenvalue weighted by Crippen LogP contribution is -2.52. The minimum Gasteiger partial charge on any atom is -0.507 e. The Balaban J connectivity index is 1.43. The lowest BCUT2D eigenvalue weighted by molar-refractivity contribution is 0.442. The number of phenols is 1. The predicted octanol–water partition coefficient (Wildman–Crippen LogP) is 3.88. The molecule has 2 aromatic heterocycles. The van der Waals surface area contributed by atoms with Gasteiger partial charge in [-0.3, -0.25) is 4.68 Å². The van der Waals surface area contributed by atoms with E-state index < -0.39 is 0 Å². The van der Waals surface area contributed by atoms with E-state index in [9.17, 15) is 5.11 Å². The number of hydrogen-bond donors (Lipinski definition) is 2. The number of nitrogens with zero attached hydrogens (tertiary/aromatic N) is 4. The Morgan fingerprint density at radius 1 is 1.13 bits per heavy atom. The highest BCUT2D eigenvalue weighted by atomic mass is 19.1. The molecule has 4 aromatic rings. The Bertz CT molecular complexity index is 1360. The van der Waals surface area contributed by atoms with Crippen LogP contribution in [0.3, 0.4) is 0 Å². The van der Waals surface area contributed by atoms with Crippen molar-refractivity contribution in [1.29, 1.82) is 0 Å². The third-order valence-electron chi connectivity index (χ3n) is 6.72. The first-order chi connectivity index (χ1) is 14.9. The number of aryl methyl sites for hydroxylation is 2. The molecule has 158 valence electrons. The highest BCUT2D eigenvalue weighted by molar-refractivity contribution is 5.92. The van der Waals surface area contributed by atoms with Gasteiger partial charge in [0.25, 0.3) is 0 Å². The van der Waals surface area contributed by atoms with Crippen LogP contribution in [0.5, 0.6) is 5.75 Å². The van der Waals surface area contributed by atoms with Crippen LogP contribution in [-0.2, 0) is 7.05 Å². The molecule has 31 heavy (non-hydrogen) atoms. The van der Waals surface area contributed by atoms with Gasteiger partial charge < -0.3 is 15.3 Å². The number of piperazine rings is 1. The van der Waals surface area contributed by atoms with Gasteiger partial charge in [-0.05, 0) is 44.0 Å². The molecule has 0 atom stereocenters. The van der Waals surface area contributed by atoms with Crippen molar-refractivity contribution in [3.05, 3.63) is 47.9 Å². The molecule has 1 aliphatic carbocycles. The standard InChI is InChI=1S/C24H24FN5O/c1-14-21-16(12-29(2)28-21)10-18(23(14)31)20-4-3-15-9-17(11-19(25)22(15)27-20)30-8-7-26-24(13-30)5-6-24/h3-4,9-12,26,31H,5-8,13H2,1-2H3. The Labute approximate surface area is 179 Å². The normalized spacial score (nSPS) is 17.7. The Morgan fingerprint density at radius 2 is 1.97 bits per heavy atom. The topological polar surface area (TPSA) is 66.2 Å². The maximum Gasteiger partial charge on any atom is 0.151 e. The van der Waals surface area contributed by atoms with Gasteiger partial charge in [-0.2, -0.15) is 5.10 Å². The molecule has 1 spiro atoms. The van der Waals surface area contributed by atoms with Crippen molar-refractivity contribution in [2.75, 3.05) is 24.5 Å². The summed E-state index contributed by atoms with van der Waals surface area (Å²) in [6, 6.07) is 9.22.